The number of aliphatic hydroxyl groups excluding tert-OH is 1. The first-order valence-electron chi connectivity index (χ1n) is 9.75. The maximum Gasteiger partial charge on any atom is 0.262 e. The topological polar surface area (TPSA) is 78.9 Å². The van der Waals surface area contributed by atoms with E-state index in [4.69, 9.17) is 4.74 Å². The molecule has 0 saturated carbocycles. The molecule has 1 unspecified atom stereocenters. The van der Waals surface area contributed by atoms with Gasteiger partial charge in [0.1, 0.15) is 5.75 Å². The van der Waals surface area contributed by atoms with Crippen molar-refractivity contribution in [3.05, 3.63) is 53.6 Å². The van der Waals surface area contributed by atoms with Gasteiger partial charge in [0.25, 0.3) is 5.91 Å². The van der Waals surface area contributed by atoms with Crippen molar-refractivity contribution < 1.29 is 19.4 Å². The fourth-order valence-electron chi connectivity index (χ4n) is 3.94. The quantitative estimate of drug-likeness (QED) is 0.835. The highest BCUT2D eigenvalue weighted by molar-refractivity contribution is 5.97. The number of hydrogen-bond acceptors (Lipinski definition) is 4. The maximum atomic E-state index is 12.3. The molecule has 1 fully saturated rings. The lowest BCUT2D eigenvalue weighted by molar-refractivity contribution is -0.118. The maximum absolute atomic E-state index is 12.3. The van der Waals surface area contributed by atoms with Crippen LogP contribution in [0.4, 0.5) is 11.4 Å². The van der Waals surface area contributed by atoms with Gasteiger partial charge in [-0.3, -0.25) is 9.59 Å². The number of ether oxygens (including phenoxy) is 1. The molecule has 2 aromatic carbocycles. The van der Waals surface area contributed by atoms with Crippen molar-refractivity contribution in [2.75, 3.05) is 23.4 Å². The largest absolute Gasteiger partial charge is 0.483 e. The first kappa shape index (κ1) is 18.5. The van der Waals surface area contributed by atoms with Crippen LogP contribution in [0.1, 0.15) is 42.9 Å². The molecule has 1 aliphatic carbocycles. The number of carbonyl (C=O) groups is 2. The zero-order valence-electron chi connectivity index (χ0n) is 15.7. The molecule has 2 amide bonds. The summed E-state index contributed by atoms with van der Waals surface area (Å²) in [6, 6.07) is 12.9. The van der Waals surface area contributed by atoms with E-state index in [0.717, 1.165) is 42.5 Å². The number of anilines is 2. The molecule has 6 nitrogen and oxygen atoms in total. The van der Waals surface area contributed by atoms with Crippen molar-refractivity contribution in [1.82, 2.24) is 0 Å². The second kappa shape index (κ2) is 8.02. The molecule has 1 atom stereocenters. The van der Waals surface area contributed by atoms with Gasteiger partial charge in [0.05, 0.1) is 6.10 Å². The van der Waals surface area contributed by atoms with Gasteiger partial charge in [0.15, 0.2) is 6.61 Å². The smallest absolute Gasteiger partial charge is 0.262 e. The van der Waals surface area contributed by atoms with Crippen molar-refractivity contribution in [2.45, 2.75) is 38.2 Å². The molecule has 0 spiro atoms. The third-order valence-corrected chi connectivity index (χ3v) is 5.31. The molecule has 2 aliphatic rings. The van der Waals surface area contributed by atoms with Gasteiger partial charge in [-0.2, -0.15) is 0 Å². The summed E-state index contributed by atoms with van der Waals surface area (Å²) in [6.45, 7) is 0.601. The van der Waals surface area contributed by atoms with E-state index in [2.05, 4.69) is 5.32 Å². The number of nitrogens with zero attached hydrogens (tertiary/aromatic N) is 1. The highest BCUT2D eigenvalue weighted by Gasteiger charge is 2.22. The second-order valence-corrected chi connectivity index (χ2v) is 7.27. The molecule has 4 rings (SSSR count). The Hall–Kier alpha value is -2.86. The Balaban J connectivity index is 1.39. The van der Waals surface area contributed by atoms with Gasteiger partial charge in [-0.15, -0.1) is 0 Å². The molecule has 0 bridgehead atoms. The molecule has 146 valence electrons. The number of fused-ring (bicyclic) bond motifs is 1. The average Bonchev–Trinajstić information content (AvgIpc) is 3.13. The highest BCUT2D eigenvalue weighted by atomic mass is 16.5. The van der Waals surface area contributed by atoms with Gasteiger partial charge in [-0.05, 0) is 61.1 Å². The zero-order valence-corrected chi connectivity index (χ0v) is 15.7. The predicted octanol–water partition coefficient (Wildman–Crippen LogP) is 3.20. The zero-order chi connectivity index (χ0) is 19.5. The van der Waals surface area contributed by atoms with Crippen LogP contribution in [-0.2, 0) is 16.0 Å². The summed E-state index contributed by atoms with van der Waals surface area (Å²) in [6.07, 6.45) is 3.48. The number of benzene rings is 2. The summed E-state index contributed by atoms with van der Waals surface area (Å²) < 4.78 is 5.75. The fraction of sp³-hybridized carbons (Fsp3) is 0.364. The van der Waals surface area contributed by atoms with E-state index >= 15 is 0 Å². The molecule has 1 heterocycles. The van der Waals surface area contributed by atoms with Gasteiger partial charge in [-0.25, -0.2) is 0 Å². The number of amides is 2. The van der Waals surface area contributed by atoms with Crippen LogP contribution in [0.5, 0.6) is 5.75 Å². The van der Waals surface area contributed by atoms with Crippen LogP contribution >= 0.6 is 0 Å². The lowest BCUT2D eigenvalue weighted by Crippen LogP contribution is -2.24. The minimum atomic E-state index is -0.461. The number of rotatable bonds is 5. The van der Waals surface area contributed by atoms with Crippen molar-refractivity contribution in [1.29, 1.82) is 0 Å². The van der Waals surface area contributed by atoms with E-state index < -0.39 is 6.10 Å². The lowest BCUT2D eigenvalue weighted by Gasteiger charge is -2.23. The lowest BCUT2D eigenvalue weighted by atomic mass is 9.89. The van der Waals surface area contributed by atoms with Crippen LogP contribution < -0.4 is 15.0 Å². The summed E-state index contributed by atoms with van der Waals surface area (Å²) in [4.78, 5) is 26.0. The molecule has 1 saturated heterocycles. The predicted molar refractivity (Wildman–Crippen MR) is 106 cm³/mol. The van der Waals surface area contributed by atoms with Crippen LogP contribution in [0.3, 0.4) is 0 Å². The Morgan fingerprint density at radius 2 is 2.04 bits per heavy atom. The molecular weight excluding hydrogens is 356 g/mol. The summed E-state index contributed by atoms with van der Waals surface area (Å²) >= 11 is 0. The van der Waals surface area contributed by atoms with Crippen LogP contribution in [-0.4, -0.2) is 30.1 Å². The Kier molecular flexibility index (Phi) is 5.30. The van der Waals surface area contributed by atoms with E-state index in [1.807, 2.05) is 36.4 Å². The van der Waals surface area contributed by atoms with Crippen molar-refractivity contribution in [3.8, 4) is 5.75 Å². The van der Waals surface area contributed by atoms with Crippen LogP contribution in [0.15, 0.2) is 42.5 Å². The minimum Gasteiger partial charge on any atom is -0.483 e. The molecular formula is C22H24N2O4. The van der Waals surface area contributed by atoms with E-state index in [0.29, 0.717) is 24.4 Å². The minimum absolute atomic E-state index is 0.112. The van der Waals surface area contributed by atoms with Crippen LogP contribution in [0.25, 0.3) is 0 Å². The molecule has 2 aromatic rings. The van der Waals surface area contributed by atoms with Crippen LogP contribution in [0, 0.1) is 0 Å². The SMILES string of the molecule is O=C(COc1cccc2c1CCCC2O)Nc1cccc(N2CCCC2=O)c1. The van der Waals surface area contributed by atoms with E-state index in [1.165, 1.54) is 0 Å². The van der Waals surface area contributed by atoms with Crippen LogP contribution in [0.2, 0.25) is 0 Å². The molecule has 2 N–H and O–H groups in total. The number of aliphatic hydroxyl groups is 1. The van der Waals surface area contributed by atoms with Crippen molar-refractivity contribution in [3.63, 3.8) is 0 Å². The normalized spacial score (nSPS) is 18.7. The van der Waals surface area contributed by atoms with Gasteiger partial charge < -0.3 is 20.1 Å². The fourth-order valence-corrected chi connectivity index (χ4v) is 3.94. The number of carbonyl (C=O) groups excluding carboxylic acids is 2. The standard InChI is InChI=1S/C22H24N2O4/c25-19-9-2-8-18-17(19)7-3-10-20(18)28-14-21(26)23-15-5-1-6-16(13-15)24-12-4-11-22(24)27/h1,3,5-7,10,13,19,25H,2,4,8-9,11-12,14H2,(H,23,26). The number of hydrogen-bond donors (Lipinski definition) is 2. The molecule has 0 radical (unpaired) electrons. The van der Waals surface area contributed by atoms with Gasteiger partial charge >= 0.3 is 0 Å². The average molecular weight is 380 g/mol. The number of nitrogens with one attached hydrogen (secondary N) is 1. The second-order valence-electron chi connectivity index (χ2n) is 7.27. The molecule has 6 heteroatoms. The van der Waals surface area contributed by atoms with Crippen molar-refractivity contribution in [2.24, 2.45) is 0 Å². The Labute approximate surface area is 164 Å². The van der Waals surface area contributed by atoms with E-state index in [-0.39, 0.29) is 18.4 Å². The molecule has 1 aliphatic heterocycles. The highest BCUT2D eigenvalue weighted by Crippen LogP contribution is 2.35. The Bertz CT molecular complexity index is 896. The Morgan fingerprint density at radius 3 is 2.86 bits per heavy atom. The Morgan fingerprint density at radius 1 is 1.18 bits per heavy atom. The summed E-state index contributed by atoms with van der Waals surface area (Å²) in [7, 11) is 0. The van der Waals surface area contributed by atoms with E-state index in [1.54, 1.807) is 11.0 Å². The monoisotopic (exact) mass is 380 g/mol. The summed E-state index contributed by atoms with van der Waals surface area (Å²) in [5, 5.41) is 13.0. The van der Waals surface area contributed by atoms with E-state index in [9.17, 15) is 14.7 Å². The third kappa shape index (κ3) is 3.87. The van der Waals surface area contributed by atoms with Gasteiger partial charge in [-0.1, -0.05) is 18.2 Å². The first-order valence-corrected chi connectivity index (χ1v) is 9.75. The van der Waals surface area contributed by atoms with Gasteiger partial charge in [0, 0.05) is 24.3 Å². The summed E-state index contributed by atoms with van der Waals surface area (Å²) in [5.74, 6) is 0.504. The summed E-state index contributed by atoms with van der Waals surface area (Å²) in [5.41, 5.74) is 3.32. The van der Waals surface area contributed by atoms with Crippen molar-refractivity contribution >= 4 is 23.2 Å². The van der Waals surface area contributed by atoms with Gasteiger partial charge in [0.2, 0.25) is 5.91 Å². The first-order chi connectivity index (χ1) is 13.6. The molecule has 0 aromatic heterocycles. The molecule has 28 heavy (non-hydrogen) atoms. The third-order valence-electron chi connectivity index (χ3n) is 5.31.